The van der Waals surface area contributed by atoms with Crippen LogP contribution in [0.1, 0.15) is 37.6 Å². The minimum atomic E-state index is 0.140. The van der Waals surface area contributed by atoms with Gasteiger partial charge in [-0.05, 0) is 62.2 Å². The molecule has 0 spiro atoms. The molecule has 5 nitrogen and oxygen atoms in total. The molecule has 0 saturated carbocycles. The van der Waals surface area contributed by atoms with Gasteiger partial charge >= 0.3 is 0 Å². The van der Waals surface area contributed by atoms with E-state index in [2.05, 4.69) is 52.0 Å². The molecule has 2 aromatic carbocycles. The summed E-state index contributed by atoms with van der Waals surface area (Å²) in [7, 11) is 0. The molecule has 1 fully saturated rings. The Balaban J connectivity index is 1.48. The van der Waals surface area contributed by atoms with Crippen molar-refractivity contribution in [3.63, 3.8) is 0 Å². The predicted molar refractivity (Wildman–Crippen MR) is 122 cm³/mol. The number of hydrogen-bond donors (Lipinski definition) is 1. The lowest BCUT2D eigenvalue weighted by Gasteiger charge is -2.31. The first-order valence-corrected chi connectivity index (χ1v) is 11.2. The molecule has 1 aliphatic rings. The van der Waals surface area contributed by atoms with E-state index in [0.717, 1.165) is 73.9 Å². The zero-order chi connectivity index (χ0) is 20.9. The summed E-state index contributed by atoms with van der Waals surface area (Å²) in [5.74, 6) is 1.42. The molecule has 30 heavy (non-hydrogen) atoms. The number of fused-ring (bicyclic) bond motifs is 1. The minimum absolute atomic E-state index is 0.140. The predicted octanol–water partition coefficient (Wildman–Crippen LogP) is 4.48. The number of hydrogen-bond acceptors (Lipinski definition) is 3. The van der Waals surface area contributed by atoms with Gasteiger partial charge in [-0.3, -0.25) is 9.69 Å². The number of benzene rings is 2. The maximum Gasteiger partial charge on any atom is 0.223 e. The van der Waals surface area contributed by atoms with Crippen LogP contribution in [0.3, 0.4) is 0 Å². The zero-order valence-electron chi connectivity index (χ0n) is 17.5. The van der Waals surface area contributed by atoms with Gasteiger partial charge in [-0.15, -0.1) is 0 Å². The molecule has 1 aliphatic heterocycles. The topological polar surface area (TPSA) is 50.2 Å². The van der Waals surface area contributed by atoms with Gasteiger partial charge in [0.1, 0.15) is 5.82 Å². The highest BCUT2D eigenvalue weighted by Gasteiger charge is 2.25. The molecule has 6 heteroatoms. The van der Waals surface area contributed by atoms with Crippen LogP contribution in [0, 0.1) is 5.92 Å². The van der Waals surface area contributed by atoms with Crippen molar-refractivity contribution >= 4 is 28.5 Å². The number of amides is 1. The van der Waals surface area contributed by atoms with E-state index in [9.17, 15) is 4.79 Å². The number of carbonyl (C=O) groups excluding carboxylic acids is 1. The first-order chi connectivity index (χ1) is 14.6. The van der Waals surface area contributed by atoms with Crippen LogP contribution in [0.4, 0.5) is 0 Å². The van der Waals surface area contributed by atoms with E-state index in [1.165, 1.54) is 5.56 Å². The number of rotatable bonds is 7. The van der Waals surface area contributed by atoms with Gasteiger partial charge in [-0.2, -0.15) is 0 Å². The molecule has 0 radical (unpaired) electrons. The number of carbonyl (C=O) groups is 1. The number of nitrogens with one attached hydrogen (secondary N) is 1. The molecular weight excluding hydrogens is 396 g/mol. The van der Waals surface area contributed by atoms with E-state index < -0.39 is 0 Å². The Kier molecular flexibility index (Phi) is 6.70. The summed E-state index contributed by atoms with van der Waals surface area (Å²) in [4.78, 5) is 19.6. The number of halogens is 1. The van der Waals surface area contributed by atoms with Gasteiger partial charge in [0.2, 0.25) is 5.91 Å². The maximum atomic E-state index is 12.3. The zero-order valence-corrected chi connectivity index (χ0v) is 18.2. The van der Waals surface area contributed by atoms with Gasteiger partial charge in [0.05, 0.1) is 17.6 Å². The quantitative estimate of drug-likeness (QED) is 0.608. The molecule has 1 amide bonds. The Bertz CT molecular complexity index is 990. The van der Waals surface area contributed by atoms with E-state index in [0.29, 0.717) is 0 Å². The van der Waals surface area contributed by atoms with Crippen molar-refractivity contribution in [2.24, 2.45) is 5.92 Å². The fourth-order valence-electron chi connectivity index (χ4n) is 4.14. The molecule has 0 aliphatic carbocycles. The van der Waals surface area contributed by atoms with Crippen molar-refractivity contribution in [3.8, 4) is 0 Å². The van der Waals surface area contributed by atoms with E-state index in [1.54, 1.807) is 0 Å². The third kappa shape index (κ3) is 4.85. The second kappa shape index (κ2) is 9.63. The van der Waals surface area contributed by atoms with Crippen LogP contribution in [-0.2, 0) is 17.9 Å². The lowest BCUT2D eigenvalue weighted by atomic mass is 9.96. The minimum Gasteiger partial charge on any atom is -0.356 e. The Morgan fingerprint density at radius 1 is 1.10 bits per heavy atom. The Labute approximate surface area is 183 Å². The van der Waals surface area contributed by atoms with Gasteiger partial charge in [-0.1, -0.05) is 42.8 Å². The summed E-state index contributed by atoms with van der Waals surface area (Å²) in [5.41, 5.74) is 3.38. The third-order valence-corrected chi connectivity index (χ3v) is 6.11. The molecule has 4 rings (SSSR count). The summed E-state index contributed by atoms with van der Waals surface area (Å²) < 4.78 is 2.30. The maximum absolute atomic E-state index is 12.3. The monoisotopic (exact) mass is 424 g/mol. The van der Waals surface area contributed by atoms with E-state index in [1.807, 2.05) is 18.2 Å². The molecule has 1 saturated heterocycles. The fourth-order valence-corrected chi connectivity index (χ4v) is 4.27. The Morgan fingerprint density at radius 3 is 2.57 bits per heavy atom. The van der Waals surface area contributed by atoms with Crippen LogP contribution in [0.2, 0.25) is 5.02 Å². The molecule has 0 unspecified atom stereocenters. The highest BCUT2D eigenvalue weighted by atomic mass is 35.5. The van der Waals surface area contributed by atoms with Crippen LogP contribution >= 0.6 is 11.6 Å². The first-order valence-electron chi connectivity index (χ1n) is 10.8. The van der Waals surface area contributed by atoms with Gasteiger partial charge < -0.3 is 9.88 Å². The number of piperidine rings is 1. The number of likely N-dealkylation sites (tertiary alicyclic amines) is 1. The molecule has 0 atom stereocenters. The van der Waals surface area contributed by atoms with Crippen LogP contribution in [0.15, 0.2) is 48.5 Å². The van der Waals surface area contributed by atoms with E-state index in [4.69, 9.17) is 16.6 Å². The van der Waals surface area contributed by atoms with Crippen LogP contribution in [0.5, 0.6) is 0 Å². The molecule has 0 bridgehead atoms. The Hall–Kier alpha value is -2.37. The summed E-state index contributed by atoms with van der Waals surface area (Å²) >= 11 is 6.06. The fraction of sp³-hybridized carbons (Fsp3) is 0.417. The van der Waals surface area contributed by atoms with Gasteiger partial charge in [0.15, 0.2) is 0 Å². The van der Waals surface area contributed by atoms with Crippen molar-refractivity contribution in [2.75, 3.05) is 19.6 Å². The number of imidazole rings is 1. The number of aromatic nitrogens is 2. The number of para-hydroxylation sites is 2. The molecule has 158 valence electrons. The standard InChI is InChI=1S/C24H29ClN4O/c1-2-13-26-24(30)19-11-14-28(15-12-19)17-23-27-21-5-3-4-6-22(21)29(23)16-18-7-9-20(25)10-8-18/h3-10,19H,2,11-17H2,1H3,(H,26,30). The van der Waals surface area contributed by atoms with Crippen molar-refractivity contribution in [3.05, 3.63) is 64.9 Å². The second-order valence-corrected chi connectivity index (χ2v) is 8.51. The largest absolute Gasteiger partial charge is 0.356 e. The van der Waals surface area contributed by atoms with Crippen molar-refractivity contribution < 1.29 is 4.79 Å². The lowest BCUT2D eigenvalue weighted by Crippen LogP contribution is -2.40. The second-order valence-electron chi connectivity index (χ2n) is 8.07. The van der Waals surface area contributed by atoms with Gasteiger partial charge in [-0.25, -0.2) is 4.98 Å². The van der Waals surface area contributed by atoms with Gasteiger partial charge in [0.25, 0.3) is 0 Å². The third-order valence-electron chi connectivity index (χ3n) is 5.86. The number of nitrogens with zero attached hydrogens (tertiary/aromatic N) is 3. The van der Waals surface area contributed by atoms with Crippen molar-refractivity contribution in [2.45, 2.75) is 39.3 Å². The molecular formula is C24H29ClN4O. The molecule has 1 N–H and O–H groups in total. The van der Waals surface area contributed by atoms with Crippen molar-refractivity contribution in [1.29, 1.82) is 0 Å². The normalized spacial score (nSPS) is 15.5. The molecule has 2 heterocycles. The summed E-state index contributed by atoms with van der Waals surface area (Å²) in [6, 6.07) is 16.3. The lowest BCUT2D eigenvalue weighted by molar-refractivity contribution is -0.126. The average molecular weight is 425 g/mol. The summed E-state index contributed by atoms with van der Waals surface area (Å²) in [6.07, 6.45) is 2.80. The van der Waals surface area contributed by atoms with Gasteiger partial charge in [0, 0.05) is 24.0 Å². The van der Waals surface area contributed by atoms with E-state index >= 15 is 0 Å². The highest BCUT2D eigenvalue weighted by molar-refractivity contribution is 6.30. The summed E-state index contributed by atoms with van der Waals surface area (Å²) in [6.45, 7) is 6.27. The van der Waals surface area contributed by atoms with E-state index in [-0.39, 0.29) is 11.8 Å². The first kappa shape index (κ1) is 20.9. The molecule has 3 aromatic rings. The average Bonchev–Trinajstić information content (AvgIpc) is 3.11. The SMILES string of the molecule is CCCNC(=O)C1CCN(Cc2nc3ccccc3n2Cc2ccc(Cl)cc2)CC1. The van der Waals surface area contributed by atoms with Crippen molar-refractivity contribution in [1.82, 2.24) is 19.8 Å². The van der Waals surface area contributed by atoms with Crippen LogP contribution in [0.25, 0.3) is 11.0 Å². The van der Waals surface area contributed by atoms with Crippen LogP contribution in [-0.4, -0.2) is 40.0 Å². The Morgan fingerprint density at radius 2 is 1.83 bits per heavy atom. The van der Waals surface area contributed by atoms with Crippen LogP contribution < -0.4 is 5.32 Å². The summed E-state index contributed by atoms with van der Waals surface area (Å²) in [5, 5.41) is 3.79. The smallest absolute Gasteiger partial charge is 0.223 e. The highest BCUT2D eigenvalue weighted by Crippen LogP contribution is 2.23. The molecule has 1 aromatic heterocycles.